The molecule has 0 saturated heterocycles. The van der Waals surface area contributed by atoms with E-state index in [1.807, 2.05) is 13.1 Å². The van der Waals surface area contributed by atoms with Crippen molar-refractivity contribution >= 4 is 11.7 Å². The monoisotopic (exact) mass is 271 g/mol. The maximum Gasteiger partial charge on any atom is 0.258 e. The molecule has 6 nitrogen and oxygen atoms in total. The molecule has 3 rings (SSSR count). The Hall–Kier alpha value is -2.21. The largest absolute Gasteiger partial charge is 0.305 e. The Morgan fingerprint density at radius 3 is 3.05 bits per heavy atom. The summed E-state index contributed by atoms with van der Waals surface area (Å²) in [7, 11) is 2.07. The van der Waals surface area contributed by atoms with Crippen molar-refractivity contribution in [1.29, 1.82) is 0 Å². The van der Waals surface area contributed by atoms with Gasteiger partial charge in [-0.2, -0.15) is 5.10 Å². The van der Waals surface area contributed by atoms with Crippen LogP contribution in [0.15, 0.2) is 18.5 Å². The number of aromatic nitrogens is 3. The summed E-state index contributed by atoms with van der Waals surface area (Å²) in [4.78, 5) is 18.8. The molecule has 0 aromatic carbocycles. The molecule has 2 aromatic rings. The standard InChI is InChI=1S/C14H17N5O/c1-9-5-13(18-17-9)16-14(20)12-7-15-6-10-8-19(2)4-3-11(10)12/h5-7H,3-4,8H2,1-2H3,(H2,16,17,18,20). The number of amides is 1. The molecule has 2 aromatic heterocycles. The molecule has 2 N–H and O–H groups in total. The van der Waals surface area contributed by atoms with E-state index >= 15 is 0 Å². The minimum atomic E-state index is -0.148. The van der Waals surface area contributed by atoms with E-state index in [-0.39, 0.29) is 5.91 Å². The lowest BCUT2D eigenvalue weighted by Crippen LogP contribution is -2.29. The molecule has 1 aliphatic rings. The van der Waals surface area contributed by atoms with Crippen molar-refractivity contribution in [3.8, 4) is 0 Å². The third kappa shape index (κ3) is 2.42. The predicted octanol–water partition coefficient (Wildman–Crippen LogP) is 1.35. The first-order valence-corrected chi connectivity index (χ1v) is 6.61. The van der Waals surface area contributed by atoms with Gasteiger partial charge in [-0.05, 0) is 31.5 Å². The van der Waals surface area contributed by atoms with Crippen LogP contribution in [0.2, 0.25) is 0 Å². The van der Waals surface area contributed by atoms with Crippen LogP contribution in [0.5, 0.6) is 0 Å². The van der Waals surface area contributed by atoms with E-state index in [4.69, 9.17) is 0 Å². The van der Waals surface area contributed by atoms with Gasteiger partial charge in [-0.25, -0.2) is 0 Å². The summed E-state index contributed by atoms with van der Waals surface area (Å²) in [5.41, 5.74) is 3.79. The molecule has 0 fully saturated rings. The Labute approximate surface area is 117 Å². The third-order valence-electron chi connectivity index (χ3n) is 3.52. The number of carbonyl (C=O) groups is 1. The van der Waals surface area contributed by atoms with Crippen molar-refractivity contribution in [2.45, 2.75) is 19.9 Å². The molecule has 0 atom stereocenters. The van der Waals surface area contributed by atoms with Gasteiger partial charge in [0.1, 0.15) is 0 Å². The van der Waals surface area contributed by atoms with Crippen molar-refractivity contribution in [1.82, 2.24) is 20.1 Å². The summed E-state index contributed by atoms with van der Waals surface area (Å²) in [6, 6.07) is 1.80. The Morgan fingerprint density at radius 2 is 2.30 bits per heavy atom. The summed E-state index contributed by atoms with van der Waals surface area (Å²) in [5.74, 6) is 0.392. The number of pyridine rings is 1. The van der Waals surface area contributed by atoms with E-state index in [9.17, 15) is 4.79 Å². The van der Waals surface area contributed by atoms with Gasteiger partial charge in [-0.3, -0.25) is 14.9 Å². The second-order valence-corrected chi connectivity index (χ2v) is 5.20. The molecule has 3 heterocycles. The van der Waals surface area contributed by atoms with E-state index in [0.717, 1.165) is 36.3 Å². The van der Waals surface area contributed by atoms with E-state index in [1.165, 1.54) is 0 Å². The van der Waals surface area contributed by atoms with Crippen LogP contribution in [0.3, 0.4) is 0 Å². The summed E-state index contributed by atoms with van der Waals surface area (Å²) in [5, 5.41) is 9.63. The lowest BCUT2D eigenvalue weighted by Gasteiger charge is -2.25. The minimum absolute atomic E-state index is 0.148. The van der Waals surface area contributed by atoms with Crippen LogP contribution in [-0.4, -0.2) is 39.6 Å². The minimum Gasteiger partial charge on any atom is -0.305 e. The zero-order chi connectivity index (χ0) is 14.1. The summed E-state index contributed by atoms with van der Waals surface area (Å²) in [6.45, 7) is 3.69. The molecular formula is C14H17N5O. The fraction of sp³-hybridized carbons (Fsp3) is 0.357. The number of likely N-dealkylation sites (N-methyl/N-ethyl adjacent to an activating group) is 1. The Balaban J connectivity index is 1.87. The molecule has 0 spiro atoms. The van der Waals surface area contributed by atoms with Gasteiger partial charge >= 0.3 is 0 Å². The quantitative estimate of drug-likeness (QED) is 0.864. The number of aromatic amines is 1. The first-order chi connectivity index (χ1) is 9.63. The molecule has 20 heavy (non-hydrogen) atoms. The highest BCUT2D eigenvalue weighted by Gasteiger charge is 2.20. The SMILES string of the molecule is Cc1cc(NC(=O)c2cncc3c2CCN(C)C3)n[nH]1. The number of rotatable bonds is 2. The second kappa shape index (κ2) is 5.05. The number of anilines is 1. The molecule has 0 radical (unpaired) electrons. The molecule has 6 heteroatoms. The van der Waals surface area contributed by atoms with Gasteiger partial charge in [0, 0.05) is 37.2 Å². The van der Waals surface area contributed by atoms with Crippen molar-refractivity contribution in [3.63, 3.8) is 0 Å². The molecule has 0 saturated carbocycles. The fourth-order valence-corrected chi connectivity index (χ4v) is 2.50. The highest BCUT2D eigenvalue weighted by molar-refractivity contribution is 6.04. The predicted molar refractivity (Wildman–Crippen MR) is 75.6 cm³/mol. The lowest BCUT2D eigenvalue weighted by molar-refractivity contribution is 0.102. The Kier molecular flexibility index (Phi) is 3.23. The van der Waals surface area contributed by atoms with Gasteiger partial charge in [-0.15, -0.1) is 0 Å². The van der Waals surface area contributed by atoms with Crippen molar-refractivity contribution in [2.75, 3.05) is 18.9 Å². The smallest absolute Gasteiger partial charge is 0.258 e. The molecule has 1 amide bonds. The van der Waals surface area contributed by atoms with Gasteiger partial charge in [0.25, 0.3) is 5.91 Å². The molecule has 0 bridgehead atoms. The fourth-order valence-electron chi connectivity index (χ4n) is 2.50. The zero-order valence-corrected chi connectivity index (χ0v) is 11.6. The van der Waals surface area contributed by atoms with Crippen LogP contribution in [0.4, 0.5) is 5.82 Å². The molecule has 0 unspecified atom stereocenters. The number of hydrogen-bond acceptors (Lipinski definition) is 4. The van der Waals surface area contributed by atoms with Crippen molar-refractivity contribution < 1.29 is 4.79 Å². The average Bonchev–Trinajstić information content (AvgIpc) is 2.83. The molecule has 0 aliphatic carbocycles. The number of fused-ring (bicyclic) bond motifs is 1. The third-order valence-corrected chi connectivity index (χ3v) is 3.52. The first kappa shape index (κ1) is 12.8. The van der Waals surface area contributed by atoms with Crippen molar-refractivity contribution in [3.05, 3.63) is 40.8 Å². The highest BCUT2D eigenvalue weighted by Crippen LogP contribution is 2.21. The summed E-state index contributed by atoms with van der Waals surface area (Å²) in [6.07, 6.45) is 4.36. The molecule has 104 valence electrons. The van der Waals surface area contributed by atoms with Gasteiger partial charge in [-0.1, -0.05) is 0 Å². The van der Waals surface area contributed by atoms with Crippen LogP contribution >= 0.6 is 0 Å². The van der Waals surface area contributed by atoms with Gasteiger partial charge in [0.15, 0.2) is 5.82 Å². The highest BCUT2D eigenvalue weighted by atomic mass is 16.1. The van der Waals surface area contributed by atoms with Gasteiger partial charge in [0.2, 0.25) is 0 Å². The maximum absolute atomic E-state index is 12.4. The second-order valence-electron chi connectivity index (χ2n) is 5.20. The van der Waals surface area contributed by atoms with E-state index in [1.54, 1.807) is 12.3 Å². The average molecular weight is 271 g/mol. The maximum atomic E-state index is 12.4. The van der Waals surface area contributed by atoms with Crippen molar-refractivity contribution in [2.24, 2.45) is 0 Å². The lowest BCUT2D eigenvalue weighted by atomic mass is 9.97. The van der Waals surface area contributed by atoms with Crippen LogP contribution < -0.4 is 5.32 Å². The normalized spacial score (nSPS) is 14.9. The van der Waals surface area contributed by atoms with Gasteiger partial charge in [0.05, 0.1) is 5.56 Å². The van der Waals surface area contributed by atoms with E-state index in [2.05, 4.69) is 32.4 Å². The Bertz CT molecular complexity index is 649. The van der Waals surface area contributed by atoms with Crippen LogP contribution in [0, 0.1) is 6.92 Å². The molecular weight excluding hydrogens is 254 g/mol. The van der Waals surface area contributed by atoms with Crippen LogP contribution in [-0.2, 0) is 13.0 Å². The number of carbonyl (C=O) groups excluding carboxylic acids is 1. The van der Waals surface area contributed by atoms with Gasteiger partial charge < -0.3 is 10.2 Å². The van der Waals surface area contributed by atoms with Crippen LogP contribution in [0.25, 0.3) is 0 Å². The first-order valence-electron chi connectivity index (χ1n) is 6.61. The van der Waals surface area contributed by atoms with E-state index < -0.39 is 0 Å². The van der Waals surface area contributed by atoms with Crippen LogP contribution in [0.1, 0.15) is 27.2 Å². The number of hydrogen-bond donors (Lipinski definition) is 2. The van der Waals surface area contributed by atoms with E-state index in [0.29, 0.717) is 11.4 Å². The number of nitrogens with zero attached hydrogens (tertiary/aromatic N) is 3. The summed E-state index contributed by atoms with van der Waals surface area (Å²) < 4.78 is 0. The zero-order valence-electron chi connectivity index (χ0n) is 11.6. The topological polar surface area (TPSA) is 73.9 Å². The summed E-state index contributed by atoms with van der Waals surface area (Å²) >= 11 is 0. The Morgan fingerprint density at radius 1 is 1.45 bits per heavy atom. The molecule has 1 aliphatic heterocycles. The number of aryl methyl sites for hydroxylation is 1. The number of H-pyrrole nitrogens is 1. The number of nitrogens with one attached hydrogen (secondary N) is 2.